The second-order valence-corrected chi connectivity index (χ2v) is 2.92. The van der Waals surface area contributed by atoms with Crippen LogP contribution in [-0.4, -0.2) is 32.1 Å². The van der Waals surface area contributed by atoms with E-state index in [1.54, 1.807) is 0 Å². The zero-order valence-electron chi connectivity index (χ0n) is 9.09. The van der Waals surface area contributed by atoms with Crippen LogP contribution in [0.2, 0.25) is 0 Å². The number of halogens is 2. The van der Waals surface area contributed by atoms with E-state index in [1.165, 1.54) is 6.92 Å². The van der Waals surface area contributed by atoms with E-state index in [0.717, 1.165) is 20.0 Å². The molecule has 0 amide bonds. The van der Waals surface area contributed by atoms with Gasteiger partial charge in [0.15, 0.2) is 6.29 Å². The van der Waals surface area contributed by atoms with Gasteiger partial charge in [0.05, 0.1) is 7.11 Å². The summed E-state index contributed by atoms with van der Waals surface area (Å²) >= 11 is 0. The number of unbranched alkanes of at least 4 members (excludes halogenated alkanes) is 1. The number of methoxy groups -OCH3 is 1. The molecule has 1 atom stereocenters. The smallest absolute Gasteiger partial charge is 0.458 e. The number of alkyl halides is 2. The number of rotatable bonds is 7. The Morgan fingerprint density at radius 3 is 2.53 bits per heavy atom. The fourth-order valence-electron chi connectivity index (χ4n) is 0.803. The first kappa shape index (κ1) is 14.2. The Hall–Kier alpha value is -0.750. The molecule has 0 aromatic heterocycles. The molecule has 15 heavy (non-hydrogen) atoms. The number of ether oxygens (including phenoxy) is 3. The Morgan fingerprint density at radius 1 is 1.47 bits per heavy atom. The van der Waals surface area contributed by atoms with E-state index in [1.807, 2.05) is 6.92 Å². The van der Waals surface area contributed by atoms with E-state index in [-0.39, 0.29) is 0 Å². The molecular weight excluding hydrogens is 210 g/mol. The monoisotopic (exact) mass is 226 g/mol. The summed E-state index contributed by atoms with van der Waals surface area (Å²) in [5, 5.41) is 0. The van der Waals surface area contributed by atoms with Crippen molar-refractivity contribution in [1.82, 2.24) is 0 Å². The van der Waals surface area contributed by atoms with E-state index in [0.29, 0.717) is 6.61 Å². The fourth-order valence-corrected chi connectivity index (χ4v) is 0.803. The summed E-state index contributed by atoms with van der Waals surface area (Å²) in [6, 6.07) is 0. The van der Waals surface area contributed by atoms with Gasteiger partial charge in [0.1, 0.15) is 0 Å². The van der Waals surface area contributed by atoms with Crippen LogP contribution < -0.4 is 0 Å². The van der Waals surface area contributed by atoms with Gasteiger partial charge in [-0.15, -0.1) is 0 Å². The number of carbonyl (C=O) groups excluding carboxylic acids is 1. The van der Waals surface area contributed by atoms with Gasteiger partial charge in [0.25, 0.3) is 0 Å². The number of hydrogen-bond donors (Lipinski definition) is 0. The lowest BCUT2D eigenvalue weighted by Gasteiger charge is -2.19. The van der Waals surface area contributed by atoms with Crippen LogP contribution in [0.3, 0.4) is 0 Å². The normalized spacial score (nSPS) is 13.7. The highest BCUT2D eigenvalue weighted by Crippen LogP contribution is 2.19. The molecule has 0 bridgehead atoms. The molecule has 0 radical (unpaired) electrons. The van der Waals surface area contributed by atoms with Gasteiger partial charge in [-0.1, -0.05) is 13.3 Å². The second-order valence-electron chi connectivity index (χ2n) is 2.92. The molecule has 0 heterocycles. The maximum Gasteiger partial charge on any atom is 0.458 e. The molecule has 0 saturated carbocycles. The number of esters is 1. The standard InChI is InChI=1S/C9H16F2O4/c1-4-5-6-14-7(2)15-9(10,11)8(12)13-3/h7H,4-6H2,1-3H3. The lowest BCUT2D eigenvalue weighted by molar-refractivity contribution is -0.304. The van der Waals surface area contributed by atoms with Crippen molar-refractivity contribution in [3.63, 3.8) is 0 Å². The third-order valence-corrected chi connectivity index (χ3v) is 1.59. The number of carbonyl (C=O) groups is 1. The van der Waals surface area contributed by atoms with Gasteiger partial charge < -0.3 is 9.47 Å². The van der Waals surface area contributed by atoms with Crippen LogP contribution in [0.15, 0.2) is 0 Å². The van der Waals surface area contributed by atoms with Gasteiger partial charge in [0.2, 0.25) is 0 Å². The predicted molar refractivity (Wildman–Crippen MR) is 48.4 cm³/mol. The molecule has 0 aromatic carbocycles. The molecule has 1 unspecified atom stereocenters. The molecule has 0 aliphatic rings. The molecule has 0 aliphatic heterocycles. The van der Waals surface area contributed by atoms with Gasteiger partial charge in [-0.05, 0) is 13.3 Å². The average molecular weight is 226 g/mol. The van der Waals surface area contributed by atoms with Crippen molar-refractivity contribution in [2.45, 2.75) is 39.1 Å². The van der Waals surface area contributed by atoms with Crippen LogP contribution in [0.25, 0.3) is 0 Å². The minimum absolute atomic E-state index is 0.314. The van der Waals surface area contributed by atoms with Crippen molar-refractivity contribution >= 4 is 5.97 Å². The van der Waals surface area contributed by atoms with E-state index in [9.17, 15) is 13.6 Å². The summed E-state index contributed by atoms with van der Waals surface area (Å²) in [7, 11) is 0.863. The van der Waals surface area contributed by atoms with Gasteiger partial charge in [-0.25, -0.2) is 4.79 Å². The lowest BCUT2D eigenvalue weighted by atomic mass is 10.4. The van der Waals surface area contributed by atoms with Crippen LogP contribution >= 0.6 is 0 Å². The second kappa shape index (κ2) is 6.68. The van der Waals surface area contributed by atoms with Crippen molar-refractivity contribution in [2.24, 2.45) is 0 Å². The Morgan fingerprint density at radius 2 is 2.07 bits per heavy atom. The molecule has 0 spiro atoms. The zero-order chi connectivity index (χ0) is 11.9. The van der Waals surface area contributed by atoms with Gasteiger partial charge in [-0.2, -0.15) is 8.78 Å². The third-order valence-electron chi connectivity index (χ3n) is 1.59. The fraction of sp³-hybridized carbons (Fsp3) is 0.889. The highest BCUT2D eigenvalue weighted by atomic mass is 19.3. The summed E-state index contributed by atoms with van der Waals surface area (Å²) in [6.07, 6.45) is -3.47. The highest BCUT2D eigenvalue weighted by Gasteiger charge is 2.43. The van der Waals surface area contributed by atoms with Crippen LogP contribution in [0.1, 0.15) is 26.7 Å². The summed E-state index contributed by atoms with van der Waals surface area (Å²) in [5.41, 5.74) is 0. The minimum Gasteiger partial charge on any atom is -0.463 e. The summed E-state index contributed by atoms with van der Waals surface area (Å²) in [4.78, 5) is 10.5. The molecule has 0 N–H and O–H groups in total. The first-order valence-corrected chi connectivity index (χ1v) is 4.69. The molecule has 90 valence electrons. The quantitative estimate of drug-likeness (QED) is 0.378. The van der Waals surface area contributed by atoms with Crippen molar-refractivity contribution in [1.29, 1.82) is 0 Å². The summed E-state index contributed by atoms with van der Waals surface area (Å²) in [5.74, 6) is -1.73. The predicted octanol–water partition coefficient (Wildman–Crippen LogP) is 1.93. The van der Waals surface area contributed by atoms with Crippen molar-refractivity contribution < 1.29 is 27.8 Å². The summed E-state index contributed by atoms with van der Waals surface area (Å²) in [6.45, 7) is 3.55. The van der Waals surface area contributed by atoms with Crippen LogP contribution in [0.4, 0.5) is 8.78 Å². The van der Waals surface area contributed by atoms with Crippen molar-refractivity contribution in [3.05, 3.63) is 0 Å². The molecule has 4 nitrogen and oxygen atoms in total. The van der Waals surface area contributed by atoms with E-state index >= 15 is 0 Å². The van der Waals surface area contributed by atoms with Crippen molar-refractivity contribution in [2.75, 3.05) is 13.7 Å². The topological polar surface area (TPSA) is 44.8 Å². The SMILES string of the molecule is CCCCOC(C)OC(F)(F)C(=O)OC. The van der Waals surface area contributed by atoms with E-state index < -0.39 is 18.4 Å². The molecule has 0 fully saturated rings. The van der Waals surface area contributed by atoms with E-state index in [2.05, 4.69) is 9.47 Å². The maximum absolute atomic E-state index is 12.8. The zero-order valence-corrected chi connectivity index (χ0v) is 9.09. The highest BCUT2D eigenvalue weighted by molar-refractivity contribution is 5.75. The molecule has 0 rings (SSSR count). The first-order chi connectivity index (χ1) is 6.94. The largest absolute Gasteiger partial charge is 0.463 e. The van der Waals surface area contributed by atoms with Gasteiger partial charge in [0, 0.05) is 6.61 Å². The van der Waals surface area contributed by atoms with Gasteiger partial charge in [-0.3, -0.25) is 4.74 Å². The Balaban J connectivity index is 3.93. The Labute approximate surface area is 87.5 Å². The van der Waals surface area contributed by atoms with Gasteiger partial charge >= 0.3 is 12.1 Å². The maximum atomic E-state index is 12.8. The third kappa shape index (κ3) is 5.64. The minimum atomic E-state index is -3.96. The van der Waals surface area contributed by atoms with E-state index in [4.69, 9.17) is 4.74 Å². The first-order valence-electron chi connectivity index (χ1n) is 4.69. The van der Waals surface area contributed by atoms with Crippen LogP contribution in [0.5, 0.6) is 0 Å². The Bertz CT molecular complexity index is 197. The van der Waals surface area contributed by atoms with Crippen LogP contribution in [-0.2, 0) is 19.0 Å². The van der Waals surface area contributed by atoms with Crippen LogP contribution in [0, 0.1) is 0 Å². The molecule has 0 saturated heterocycles. The number of hydrogen-bond acceptors (Lipinski definition) is 4. The summed E-state index contributed by atoms with van der Waals surface area (Å²) < 4.78 is 38.5. The van der Waals surface area contributed by atoms with Crippen molar-refractivity contribution in [3.8, 4) is 0 Å². The molecular formula is C9H16F2O4. The molecule has 0 aromatic rings. The Kier molecular flexibility index (Phi) is 6.35. The lowest BCUT2D eigenvalue weighted by Crippen LogP contribution is -2.37. The molecule has 6 heteroatoms. The molecule has 0 aliphatic carbocycles. The average Bonchev–Trinajstić information content (AvgIpc) is 2.16.